The van der Waals surface area contributed by atoms with E-state index in [0.717, 1.165) is 12.8 Å². The summed E-state index contributed by atoms with van der Waals surface area (Å²) in [5, 5.41) is 3.40. The molecule has 0 aromatic rings. The summed E-state index contributed by atoms with van der Waals surface area (Å²) in [6.45, 7) is 5.12. The average molecular weight is 196 g/mol. The molecule has 1 saturated carbocycles. The van der Waals surface area contributed by atoms with Gasteiger partial charge in [0.15, 0.2) is 0 Å². The molecule has 1 amide bonds. The predicted molar refractivity (Wildman–Crippen MR) is 55.8 cm³/mol. The summed E-state index contributed by atoms with van der Waals surface area (Å²) in [4.78, 5) is 13.4. The second kappa shape index (κ2) is 2.96. The molecule has 2 rings (SSSR count). The number of nitrogens with one attached hydrogen (secondary N) is 1. The molecule has 1 aliphatic carbocycles. The van der Waals surface area contributed by atoms with E-state index >= 15 is 0 Å². The van der Waals surface area contributed by atoms with Crippen LogP contribution in [-0.2, 0) is 4.79 Å². The van der Waals surface area contributed by atoms with Crippen molar-refractivity contribution in [2.75, 3.05) is 13.6 Å². The van der Waals surface area contributed by atoms with E-state index in [-0.39, 0.29) is 11.6 Å². The minimum atomic E-state index is -0.0289. The van der Waals surface area contributed by atoms with Gasteiger partial charge in [0.2, 0.25) is 5.91 Å². The van der Waals surface area contributed by atoms with Gasteiger partial charge in [0, 0.05) is 7.05 Å². The van der Waals surface area contributed by atoms with Crippen molar-refractivity contribution in [2.45, 2.75) is 45.2 Å². The monoisotopic (exact) mass is 196 g/mol. The highest BCUT2D eigenvalue weighted by Gasteiger charge is 2.47. The molecular formula is C11H20N2O. The SMILES string of the molecule is CN1C(=O)CNC12CCCC(C)(C)C2. The maximum atomic E-state index is 11.5. The van der Waals surface area contributed by atoms with E-state index in [1.165, 1.54) is 12.8 Å². The lowest BCUT2D eigenvalue weighted by atomic mass is 9.71. The van der Waals surface area contributed by atoms with Crippen LogP contribution in [0.15, 0.2) is 0 Å². The standard InChI is InChI=1S/C11H20N2O/c1-10(2)5-4-6-11(8-10)12-7-9(14)13(11)3/h12H,4-8H2,1-3H3. The molecule has 1 aliphatic heterocycles. The lowest BCUT2D eigenvalue weighted by Gasteiger charge is -2.46. The molecule has 80 valence electrons. The first-order valence-corrected chi connectivity index (χ1v) is 5.47. The maximum absolute atomic E-state index is 11.5. The normalized spacial score (nSPS) is 36.8. The third kappa shape index (κ3) is 1.44. The van der Waals surface area contributed by atoms with Crippen LogP contribution in [0.4, 0.5) is 0 Å². The zero-order valence-corrected chi connectivity index (χ0v) is 9.39. The molecule has 1 saturated heterocycles. The Morgan fingerprint density at radius 2 is 2.07 bits per heavy atom. The van der Waals surface area contributed by atoms with E-state index < -0.39 is 0 Å². The largest absolute Gasteiger partial charge is 0.326 e. The van der Waals surface area contributed by atoms with Crippen LogP contribution in [0.1, 0.15) is 39.5 Å². The molecule has 0 aromatic carbocycles. The number of hydrogen-bond acceptors (Lipinski definition) is 2. The van der Waals surface area contributed by atoms with Crippen LogP contribution >= 0.6 is 0 Å². The Morgan fingerprint density at radius 3 is 2.57 bits per heavy atom. The van der Waals surface area contributed by atoms with E-state index in [2.05, 4.69) is 19.2 Å². The van der Waals surface area contributed by atoms with Crippen LogP contribution in [-0.4, -0.2) is 30.1 Å². The predicted octanol–water partition coefficient (Wildman–Crippen LogP) is 1.34. The number of carbonyl (C=O) groups excluding carboxylic acids is 1. The van der Waals surface area contributed by atoms with Crippen molar-refractivity contribution in [1.82, 2.24) is 10.2 Å². The Kier molecular flexibility index (Phi) is 2.11. The van der Waals surface area contributed by atoms with E-state index in [0.29, 0.717) is 12.0 Å². The number of nitrogens with zero attached hydrogens (tertiary/aromatic N) is 1. The third-order valence-electron chi connectivity index (χ3n) is 3.80. The van der Waals surface area contributed by atoms with Crippen molar-refractivity contribution in [3.05, 3.63) is 0 Å². The summed E-state index contributed by atoms with van der Waals surface area (Å²) in [5.41, 5.74) is 0.336. The second-order valence-corrected chi connectivity index (χ2v) is 5.53. The van der Waals surface area contributed by atoms with Crippen LogP contribution < -0.4 is 5.32 Å². The van der Waals surface area contributed by atoms with Gasteiger partial charge in [0.1, 0.15) is 0 Å². The molecule has 0 radical (unpaired) electrons. The fourth-order valence-corrected chi connectivity index (χ4v) is 2.98. The van der Waals surface area contributed by atoms with Gasteiger partial charge in [-0.1, -0.05) is 13.8 Å². The molecule has 0 aromatic heterocycles. The van der Waals surface area contributed by atoms with Crippen LogP contribution in [0.5, 0.6) is 0 Å². The molecule has 1 N–H and O–H groups in total. The summed E-state index contributed by atoms with van der Waals surface area (Å²) < 4.78 is 0. The van der Waals surface area contributed by atoms with Gasteiger partial charge in [0.05, 0.1) is 12.2 Å². The van der Waals surface area contributed by atoms with Crippen LogP contribution in [0.25, 0.3) is 0 Å². The minimum Gasteiger partial charge on any atom is -0.326 e. The molecule has 1 heterocycles. The van der Waals surface area contributed by atoms with Crippen LogP contribution in [0.2, 0.25) is 0 Å². The summed E-state index contributed by atoms with van der Waals surface area (Å²) >= 11 is 0. The van der Waals surface area contributed by atoms with E-state index in [1.54, 1.807) is 0 Å². The van der Waals surface area contributed by atoms with Gasteiger partial charge in [-0.25, -0.2) is 0 Å². The lowest BCUT2D eigenvalue weighted by molar-refractivity contribution is -0.130. The fourth-order valence-electron chi connectivity index (χ4n) is 2.98. The van der Waals surface area contributed by atoms with Gasteiger partial charge < -0.3 is 4.90 Å². The summed E-state index contributed by atoms with van der Waals surface area (Å²) in [6.07, 6.45) is 4.69. The molecular weight excluding hydrogens is 176 g/mol. The number of carbonyl (C=O) groups is 1. The van der Waals surface area contributed by atoms with Crippen molar-refractivity contribution in [3.8, 4) is 0 Å². The van der Waals surface area contributed by atoms with Gasteiger partial charge in [-0.15, -0.1) is 0 Å². The third-order valence-corrected chi connectivity index (χ3v) is 3.80. The first kappa shape index (κ1) is 9.97. The highest BCUT2D eigenvalue weighted by molar-refractivity contribution is 5.81. The van der Waals surface area contributed by atoms with Gasteiger partial charge in [0.25, 0.3) is 0 Å². The van der Waals surface area contributed by atoms with Crippen molar-refractivity contribution in [3.63, 3.8) is 0 Å². The van der Waals surface area contributed by atoms with Crippen LogP contribution in [0, 0.1) is 5.41 Å². The highest BCUT2D eigenvalue weighted by atomic mass is 16.2. The summed E-state index contributed by atoms with van der Waals surface area (Å²) in [5.74, 6) is 0.239. The quantitative estimate of drug-likeness (QED) is 0.634. The molecule has 2 fully saturated rings. The van der Waals surface area contributed by atoms with Crippen molar-refractivity contribution in [1.29, 1.82) is 0 Å². The van der Waals surface area contributed by atoms with Gasteiger partial charge in [-0.3, -0.25) is 10.1 Å². The van der Waals surface area contributed by atoms with Gasteiger partial charge in [-0.05, 0) is 31.1 Å². The molecule has 1 unspecified atom stereocenters. The smallest absolute Gasteiger partial charge is 0.237 e. The maximum Gasteiger partial charge on any atom is 0.237 e. The molecule has 2 aliphatic rings. The lowest BCUT2D eigenvalue weighted by Crippen LogP contribution is -2.55. The molecule has 1 atom stereocenters. The topological polar surface area (TPSA) is 32.3 Å². The average Bonchev–Trinajstić information content (AvgIpc) is 2.33. The number of likely N-dealkylation sites (N-methyl/N-ethyl adjacent to an activating group) is 1. The molecule has 1 spiro atoms. The Labute approximate surface area is 85.8 Å². The van der Waals surface area contributed by atoms with Gasteiger partial charge >= 0.3 is 0 Å². The summed E-state index contributed by atoms with van der Waals surface area (Å²) in [6, 6.07) is 0. The number of amides is 1. The Bertz CT molecular complexity index is 262. The van der Waals surface area contributed by atoms with Gasteiger partial charge in [-0.2, -0.15) is 0 Å². The second-order valence-electron chi connectivity index (χ2n) is 5.53. The van der Waals surface area contributed by atoms with E-state index in [9.17, 15) is 4.79 Å². The van der Waals surface area contributed by atoms with Crippen molar-refractivity contribution >= 4 is 5.91 Å². The minimum absolute atomic E-state index is 0.0289. The Balaban J connectivity index is 2.20. The van der Waals surface area contributed by atoms with E-state index in [1.807, 2.05) is 11.9 Å². The highest BCUT2D eigenvalue weighted by Crippen LogP contribution is 2.43. The number of hydrogen-bond donors (Lipinski definition) is 1. The zero-order chi connectivity index (χ0) is 10.4. The zero-order valence-electron chi connectivity index (χ0n) is 9.39. The van der Waals surface area contributed by atoms with Crippen molar-refractivity contribution < 1.29 is 4.79 Å². The Morgan fingerprint density at radius 1 is 1.36 bits per heavy atom. The summed E-state index contributed by atoms with van der Waals surface area (Å²) in [7, 11) is 1.93. The van der Waals surface area contributed by atoms with Crippen molar-refractivity contribution in [2.24, 2.45) is 5.41 Å². The number of rotatable bonds is 0. The molecule has 3 nitrogen and oxygen atoms in total. The first-order valence-electron chi connectivity index (χ1n) is 5.47. The molecule has 0 bridgehead atoms. The first-order chi connectivity index (χ1) is 6.45. The van der Waals surface area contributed by atoms with E-state index in [4.69, 9.17) is 0 Å². The molecule has 14 heavy (non-hydrogen) atoms. The van der Waals surface area contributed by atoms with Crippen LogP contribution in [0.3, 0.4) is 0 Å². The molecule has 3 heteroatoms. The fraction of sp³-hybridized carbons (Fsp3) is 0.909. The Hall–Kier alpha value is -0.570.